The molecule has 2 aromatic heterocycles. The maximum Gasteiger partial charge on any atom is 0.247 e. The molecule has 4 aromatic rings. The quantitative estimate of drug-likeness (QED) is 0.494. The zero-order valence-electron chi connectivity index (χ0n) is 14.5. The minimum atomic E-state index is 0.525. The highest BCUT2D eigenvalue weighted by Crippen LogP contribution is 2.26. The molecule has 0 fully saturated rings. The van der Waals surface area contributed by atoms with Crippen molar-refractivity contribution in [2.24, 2.45) is 0 Å². The predicted octanol–water partition coefficient (Wildman–Crippen LogP) is 4.23. The van der Waals surface area contributed by atoms with Crippen LogP contribution in [-0.2, 0) is 5.75 Å². The Kier molecular flexibility index (Phi) is 4.53. The van der Waals surface area contributed by atoms with Gasteiger partial charge < -0.3 is 4.42 Å². The van der Waals surface area contributed by atoms with Gasteiger partial charge in [-0.2, -0.15) is 0 Å². The van der Waals surface area contributed by atoms with Gasteiger partial charge in [0.2, 0.25) is 11.8 Å². The lowest BCUT2D eigenvalue weighted by Gasteiger charge is -2.08. The molecule has 0 unspecified atom stereocenters. The summed E-state index contributed by atoms with van der Waals surface area (Å²) in [5.41, 5.74) is 3.15. The summed E-state index contributed by atoms with van der Waals surface area (Å²) in [4.78, 5) is 0. The van der Waals surface area contributed by atoms with Gasteiger partial charge in [-0.05, 0) is 43.7 Å². The van der Waals surface area contributed by atoms with Crippen LogP contribution >= 0.6 is 11.8 Å². The van der Waals surface area contributed by atoms with Gasteiger partial charge in [-0.3, -0.25) is 4.57 Å². The van der Waals surface area contributed by atoms with E-state index in [-0.39, 0.29) is 0 Å². The van der Waals surface area contributed by atoms with Crippen LogP contribution in [0.1, 0.15) is 17.3 Å². The van der Waals surface area contributed by atoms with Crippen LogP contribution in [0.2, 0.25) is 0 Å². The SMILES string of the molecule is Cc1cccc(-n2c(C)nnc2SCc2nnc(-c3ccccc3)o2)c1. The first-order valence-corrected chi connectivity index (χ1v) is 9.19. The largest absolute Gasteiger partial charge is 0.420 e. The number of rotatable bonds is 5. The molecule has 0 radical (unpaired) electrons. The molecule has 0 saturated heterocycles. The molecular weight excluding hydrogens is 346 g/mol. The molecule has 0 amide bonds. The van der Waals surface area contributed by atoms with Crippen LogP contribution in [0, 0.1) is 13.8 Å². The van der Waals surface area contributed by atoms with Crippen molar-refractivity contribution >= 4 is 11.8 Å². The van der Waals surface area contributed by atoms with Crippen molar-refractivity contribution in [3.8, 4) is 17.1 Å². The van der Waals surface area contributed by atoms with Crippen molar-refractivity contribution in [3.05, 3.63) is 71.9 Å². The molecule has 26 heavy (non-hydrogen) atoms. The molecule has 0 aliphatic carbocycles. The van der Waals surface area contributed by atoms with Crippen LogP contribution in [0.15, 0.2) is 64.2 Å². The standard InChI is InChI=1S/C19H17N5OS/c1-13-7-6-10-16(11-13)24-14(2)20-23-19(24)26-12-17-21-22-18(25-17)15-8-4-3-5-9-15/h3-11H,12H2,1-2H3. The van der Waals surface area contributed by atoms with E-state index in [2.05, 4.69) is 39.5 Å². The van der Waals surface area contributed by atoms with Gasteiger partial charge in [0, 0.05) is 11.3 Å². The average Bonchev–Trinajstić information content (AvgIpc) is 3.27. The minimum Gasteiger partial charge on any atom is -0.420 e. The number of aromatic nitrogens is 5. The molecular formula is C19H17N5OS. The van der Waals surface area contributed by atoms with Gasteiger partial charge in [0.15, 0.2) is 5.16 Å². The highest BCUT2D eigenvalue weighted by Gasteiger charge is 2.14. The Morgan fingerprint density at radius 2 is 1.77 bits per heavy atom. The highest BCUT2D eigenvalue weighted by atomic mass is 32.2. The summed E-state index contributed by atoms with van der Waals surface area (Å²) >= 11 is 1.52. The Morgan fingerprint density at radius 1 is 0.923 bits per heavy atom. The number of aryl methyl sites for hydroxylation is 2. The maximum atomic E-state index is 5.76. The maximum absolute atomic E-state index is 5.76. The summed E-state index contributed by atoms with van der Waals surface area (Å²) in [6, 6.07) is 18.0. The fourth-order valence-corrected chi connectivity index (χ4v) is 3.47. The fraction of sp³-hybridized carbons (Fsp3) is 0.158. The van der Waals surface area contributed by atoms with Crippen molar-refractivity contribution in [2.75, 3.05) is 0 Å². The van der Waals surface area contributed by atoms with Crippen LogP contribution in [0.5, 0.6) is 0 Å². The van der Waals surface area contributed by atoms with Gasteiger partial charge in [-0.15, -0.1) is 20.4 Å². The minimum absolute atomic E-state index is 0.525. The third-order valence-electron chi connectivity index (χ3n) is 3.87. The molecule has 4 rings (SSSR count). The first-order valence-electron chi connectivity index (χ1n) is 8.20. The Bertz CT molecular complexity index is 1030. The van der Waals surface area contributed by atoms with Gasteiger partial charge in [0.1, 0.15) is 5.82 Å². The summed E-state index contributed by atoms with van der Waals surface area (Å²) in [6.45, 7) is 4.01. The third-order valence-corrected chi connectivity index (χ3v) is 4.78. The van der Waals surface area contributed by atoms with E-state index in [0.29, 0.717) is 17.5 Å². The molecule has 0 bridgehead atoms. The topological polar surface area (TPSA) is 69.6 Å². The van der Waals surface area contributed by atoms with Gasteiger partial charge >= 0.3 is 0 Å². The van der Waals surface area contributed by atoms with Crippen molar-refractivity contribution in [2.45, 2.75) is 24.8 Å². The molecule has 130 valence electrons. The second-order valence-corrected chi connectivity index (χ2v) is 6.80. The average molecular weight is 363 g/mol. The Labute approximate surface area is 155 Å². The van der Waals surface area contributed by atoms with E-state index in [1.807, 2.05) is 54.0 Å². The zero-order valence-corrected chi connectivity index (χ0v) is 15.3. The summed E-state index contributed by atoms with van der Waals surface area (Å²) in [5.74, 6) is 2.46. The summed E-state index contributed by atoms with van der Waals surface area (Å²) < 4.78 is 7.80. The molecule has 7 heteroatoms. The second kappa shape index (κ2) is 7.13. The summed E-state index contributed by atoms with van der Waals surface area (Å²) in [7, 11) is 0. The Morgan fingerprint density at radius 3 is 2.58 bits per heavy atom. The van der Waals surface area contributed by atoms with E-state index in [1.54, 1.807) is 0 Å². The van der Waals surface area contributed by atoms with Crippen LogP contribution in [0.25, 0.3) is 17.1 Å². The number of benzene rings is 2. The molecule has 2 heterocycles. The first kappa shape index (κ1) is 16.5. The van der Waals surface area contributed by atoms with Crippen LogP contribution in [0.3, 0.4) is 0 Å². The monoisotopic (exact) mass is 363 g/mol. The van der Waals surface area contributed by atoms with Crippen LogP contribution in [0.4, 0.5) is 0 Å². The van der Waals surface area contributed by atoms with E-state index in [1.165, 1.54) is 17.3 Å². The number of thioether (sulfide) groups is 1. The summed E-state index contributed by atoms with van der Waals surface area (Å²) in [6.07, 6.45) is 0. The lowest BCUT2D eigenvalue weighted by molar-refractivity contribution is 0.528. The van der Waals surface area contributed by atoms with E-state index >= 15 is 0 Å². The predicted molar refractivity (Wildman–Crippen MR) is 100 cm³/mol. The number of hydrogen-bond donors (Lipinski definition) is 0. The van der Waals surface area contributed by atoms with Crippen LogP contribution in [-0.4, -0.2) is 25.0 Å². The lowest BCUT2D eigenvalue weighted by Crippen LogP contribution is -1.99. The van der Waals surface area contributed by atoms with Crippen molar-refractivity contribution in [3.63, 3.8) is 0 Å². The normalized spacial score (nSPS) is 11.0. The fourth-order valence-electron chi connectivity index (χ4n) is 2.64. The van der Waals surface area contributed by atoms with Crippen LogP contribution < -0.4 is 0 Å². The Hall–Kier alpha value is -2.93. The lowest BCUT2D eigenvalue weighted by atomic mass is 10.2. The van der Waals surface area contributed by atoms with E-state index in [9.17, 15) is 0 Å². The van der Waals surface area contributed by atoms with Gasteiger partial charge in [-0.1, -0.05) is 42.1 Å². The third kappa shape index (κ3) is 3.39. The zero-order chi connectivity index (χ0) is 17.9. The number of nitrogens with zero attached hydrogens (tertiary/aromatic N) is 5. The first-order chi connectivity index (χ1) is 12.7. The second-order valence-electron chi connectivity index (χ2n) is 5.86. The molecule has 0 N–H and O–H groups in total. The molecule has 0 aliphatic rings. The molecule has 0 saturated carbocycles. The van der Waals surface area contributed by atoms with Gasteiger partial charge in [0.05, 0.1) is 5.75 Å². The smallest absolute Gasteiger partial charge is 0.247 e. The van der Waals surface area contributed by atoms with Crippen molar-refractivity contribution in [1.82, 2.24) is 25.0 Å². The van der Waals surface area contributed by atoms with Gasteiger partial charge in [-0.25, -0.2) is 0 Å². The van der Waals surface area contributed by atoms with E-state index < -0.39 is 0 Å². The molecule has 0 spiro atoms. The van der Waals surface area contributed by atoms with E-state index in [4.69, 9.17) is 4.42 Å². The molecule has 6 nitrogen and oxygen atoms in total. The Balaban J connectivity index is 1.54. The molecule has 0 aliphatic heterocycles. The van der Waals surface area contributed by atoms with Gasteiger partial charge in [0.25, 0.3) is 0 Å². The molecule has 2 aromatic carbocycles. The van der Waals surface area contributed by atoms with E-state index in [0.717, 1.165) is 22.2 Å². The summed E-state index contributed by atoms with van der Waals surface area (Å²) in [5, 5.41) is 17.6. The van der Waals surface area contributed by atoms with Crippen molar-refractivity contribution in [1.29, 1.82) is 0 Å². The highest BCUT2D eigenvalue weighted by molar-refractivity contribution is 7.98. The number of hydrogen-bond acceptors (Lipinski definition) is 6. The molecule has 0 atom stereocenters. The van der Waals surface area contributed by atoms with Crippen molar-refractivity contribution < 1.29 is 4.42 Å².